The summed E-state index contributed by atoms with van der Waals surface area (Å²) in [5.41, 5.74) is 2.61. The van der Waals surface area contributed by atoms with E-state index in [0.29, 0.717) is 12.5 Å². The van der Waals surface area contributed by atoms with Crippen LogP contribution in [0.25, 0.3) is 0 Å². The average Bonchev–Trinajstić information content (AvgIpc) is 3.18. The summed E-state index contributed by atoms with van der Waals surface area (Å²) in [6.07, 6.45) is 9.66. The van der Waals surface area contributed by atoms with Crippen molar-refractivity contribution in [3.8, 4) is 5.75 Å². The molecule has 0 saturated carbocycles. The fraction of sp³-hybridized carbons (Fsp3) is 0.591. The minimum atomic E-state index is -0.143. The minimum Gasteiger partial charge on any atom is -0.426 e. The zero-order chi connectivity index (χ0) is 18.4. The molecule has 1 aromatic carbocycles. The van der Waals surface area contributed by atoms with Crippen LogP contribution in [0.4, 0.5) is 0 Å². The summed E-state index contributed by atoms with van der Waals surface area (Å²) in [5, 5.41) is 3.02. The Morgan fingerprint density at radius 3 is 2.92 bits per heavy atom. The van der Waals surface area contributed by atoms with Crippen LogP contribution in [0.15, 0.2) is 29.7 Å². The minimum absolute atomic E-state index is 0.143. The van der Waals surface area contributed by atoms with Crippen LogP contribution in [0.1, 0.15) is 57.1 Å². The highest BCUT2D eigenvalue weighted by Gasteiger charge is 2.26. The summed E-state index contributed by atoms with van der Waals surface area (Å²) in [4.78, 5) is 14.4. The fourth-order valence-electron chi connectivity index (χ4n) is 4.04. The number of hydrogen-bond acceptors (Lipinski definition) is 4. The quantitative estimate of drug-likeness (QED) is 0.475. The van der Waals surface area contributed by atoms with Gasteiger partial charge in [-0.25, -0.2) is 0 Å². The van der Waals surface area contributed by atoms with Crippen LogP contribution < -0.4 is 4.74 Å². The molecule has 1 aliphatic heterocycles. The number of benzene rings is 1. The molecule has 0 radical (unpaired) electrons. The number of nitrogens with zero attached hydrogens (tertiary/aromatic N) is 1. The SMILES string of the molecule is CCCN(CCC1CC=CS1)[C@H]1CCc2c(cccc2OC(=O)CC)C1. The van der Waals surface area contributed by atoms with Crippen molar-refractivity contribution in [2.75, 3.05) is 13.1 Å². The first-order chi connectivity index (χ1) is 12.7. The Hall–Kier alpha value is -1.26. The van der Waals surface area contributed by atoms with Crippen molar-refractivity contribution in [2.45, 2.75) is 70.1 Å². The Kier molecular flexibility index (Phi) is 7.21. The normalized spacial score (nSPS) is 21.8. The van der Waals surface area contributed by atoms with Crippen LogP contribution in [0, 0.1) is 0 Å². The molecule has 0 bridgehead atoms. The van der Waals surface area contributed by atoms with Crippen molar-refractivity contribution in [1.82, 2.24) is 4.90 Å². The van der Waals surface area contributed by atoms with Gasteiger partial charge in [-0.1, -0.05) is 32.1 Å². The van der Waals surface area contributed by atoms with Gasteiger partial charge in [0.2, 0.25) is 0 Å². The average molecular weight is 374 g/mol. The molecule has 1 heterocycles. The Bertz CT molecular complexity index is 635. The number of carbonyl (C=O) groups excluding carboxylic acids is 1. The highest BCUT2D eigenvalue weighted by atomic mass is 32.2. The van der Waals surface area contributed by atoms with Gasteiger partial charge >= 0.3 is 5.97 Å². The summed E-state index contributed by atoms with van der Waals surface area (Å²) >= 11 is 1.99. The fourth-order valence-corrected chi connectivity index (χ4v) is 4.95. The Balaban J connectivity index is 1.65. The van der Waals surface area contributed by atoms with Crippen molar-refractivity contribution < 1.29 is 9.53 Å². The molecular weight excluding hydrogens is 342 g/mol. The molecule has 0 spiro atoms. The van der Waals surface area contributed by atoms with E-state index in [2.05, 4.69) is 29.4 Å². The maximum absolute atomic E-state index is 11.7. The number of ether oxygens (including phenoxy) is 1. The predicted molar refractivity (Wildman–Crippen MR) is 110 cm³/mol. The Labute approximate surface area is 162 Å². The van der Waals surface area contributed by atoms with E-state index in [-0.39, 0.29) is 5.97 Å². The van der Waals surface area contributed by atoms with Crippen LogP contribution in [0.3, 0.4) is 0 Å². The van der Waals surface area contributed by atoms with Gasteiger partial charge in [-0.3, -0.25) is 4.79 Å². The predicted octanol–water partition coefficient (Wildman–Crippen LogP) is 4.98. The first kappa shape index (κ1) is 19.5. The number of thioether (sulfide) groups is 1. The zero-order valence-electron chi connectivity index (χ0n) is 16.1. The molecule has 3 rings (SSSR count). The zero-order valence-corrected chi connectivity index (χ0v) is 16.9. The highest BCUT2D eigenvalue weighted by molar-refractivity contribution is 8.03. The van der Waals surface area contributed by atoms with Gasteiger partial charge < -0.3 is 9.64 Å². The summed E-state index contributed by atoms with van der Waals surface area (Å²) < 4.78 is 5.56. The molecule has 0 fully saturated rings. The number of esters is 1. The van der Waals surface area contributed by atoms with E-state index in [1.807, 2.05) is 30.8 Å². The first-order valence-electron chi connectivity index (χ1n) is 10.1. The third-order valence-electron chi connectivity index (χ3n) is 5.46. The molecule has 0 N–H and O–H groups in total. The first-order valence-corrected chi connectivity index (χ1v) is 11.0. The summed E-state index contributed by atoms with van der Waals surface area (Å²) in [5.74, 6) is 0.638. The summed E-state index contributed by atoms with van der Waals surface area (Å²) in [6.45, 7) is 6.49. The second kappa shape index (κ2) is 9.61. The van der Waals surface area contributed by atoms with Crippen molar-refractivity contribution in [3.63, 3.8) is 0 Å². The maximum Gasteiger partial charge on any atom is 0.310 e. The second-order valence-corrected chi connectivity index (χ2v) is 8.52. The molecule has 0 amide bonds. The third kappa shape index (κ3) is 4.92. The number of allylic oxidation sites excluding steroid dienone is 1. The second-order valence-electron chi connectivity index (χ2n) is 7.31. The molecule has 0 saturated heterocycles. The Morgan fingerprint density at radius 2 is 2.19 bits per heavy atom. The van der Waals surface area contributed by atoms with E-state index in [4.69, 9.17) is 4.74 Å². The molecular formula is C22H31NO2S. The molecule has 1 aliphatic carbocycles. The number of hydrogen-bond donors (Lipinski definition) is 0. The van der Waals surface area contributed by atoms with Gasteiger partial charge in [-0.15, -0.1) is 11.8 Å². The van der Waals surface area contributed by atoms with Crippen molar-refractivity contribution in [1.29, 1.82) is 0 Å². The van der Waals surface area contributed by atoms with E-state index in [9.17, 15) is 4.79 Å². The van der Waals surface area contributed by atoms with E-state index >= 15 is 0 Å². The molecule has 0 aromatic heterocycles. The lowest BCUT2D eigenvalue weighted by molar-refractivity contribution is -0.134. The van der Waals surface area contributed by atoms with Gasteiger partial charge in [-0.2, -0.15) is 0 Å². The molecule has 142 valence electrons. The third-order valence-corrected chi connectivity index (χ3v) is 6.62. The molecule has 3 nitrogen and oxygen atoms in total. The Morgan fingerprint density at radius 1 is 1.31 bits per heavy atom. The van der Waals surface area contributed by atoms with Gasteiger partial charge in [0.1, 0.15) is 5.75 Å². The maximum atomic E-state index is 11.7. The van der Waals surface area contributed by atoms with Crippen LogP contribution in [-0.2, 0) is 17.6 Å². The lowest BCUT2D eigenvalue weighted by atomic mass is 9.86. The van der Waals surface area contributed by atoms with E-state index in [1.54, 1.807) is 0 Å². The van der Waals surface area contributed by atoms with Gasteiger partial charge in [-0.05, 0) is 74.2 Å². The van der Waals surface area contributed by atoms with Crippen LogP contribution >= 0.6 is 11.8 Å². The van der Waals surface area contributed by atoms with Crippen molar-refractivity contribution in [3.05, 3.63) is 40.8 Å². The summed E-state index contributed by atoms with van der Waals surface area (Å²) in [7, 11) is 0. The smallest absolute Gasteiger partial charge is 0.310 e. The molecule has 4 heteroatoms. The van der Waals surface area contributed by atoms with Gasteiger partial charge in [0.15, 0.2) is 0 Å². The van der Waals surface area contributed by atoms with Gasteiger partial charge in [0.05, 0.1) is 0 Å². The molecule has 1 aromatic rings. The van der Waals surface area contributed by atoms with Crippen LogP contribution in [0.2, 0.25) is 0 Å². The van der Waals surface area contributed by atoms with Gasteiger partial charge in [0, 0.05) is 17.7 Å². The summed E-state index contributed by atoms with van der Waals surface area (Å²) in [6, 6.07) is 6.80. The number of rotatable bonds is 8. The molecule has 26 heavy (non-hydrogen) atoms. The van der Waals surface area contributed by atoms with E-state index in [0.717, 1.165) is 30.3 Å². The van der Waals surface area contributed by atoms with Crippen molar-refractivity contribution >= 4 is 17.7 Å². The molecule has 1 unspecified atom stereocenters. The van der Waals surface area contributed by atoms with E-state index < -0.39 is 0 Å². The highest BCUT2D eigenvalue weighted by Crippen LogP contribution is 2.33. The van der Waals surface area contributed by atoms with Crippen LogP contribution in [0.5, 0.6) is 5.75 Å². The molecule has 2 aliphatic rings. The lowest BCUT2D eigenvalue weighted by Crippen LogP contribution is -2.41. The lowest BCUT2D eigenvalue weighted by Gasteiger charge is -2.36. The molecule has 2 atom stereocenters. The topological polar surface area (TPSA) is 29.5 Å². The number of fused-ring (bicyclic) bond motifs is 1. The van der Waals surface area contributed by atoms with Gasteiger partial charge in [0.25, 0.3) is 0 Å². The van der Waals surface area contributed by atoms with Crippen molar-refractivity contribution in [2.24, 2.45) is 0 Å². The van der Waals surface area contributed by atoms with E-state index in [1.165, 1.54) is 43.5 Å². The standard InChI is InChI=1S/C22H31NO2S/c1-3-13-23(14-12-19-8-6-15-26-19)18-10-11-20-17(16-18)7-5-9-21(20)25-22(24)4-2/h5-7,9,15,18-19H,3-4,8,10-14,16H2,1-2H3/t18-,19?/m0/s1. The monoisotopic (exact) mass is 373 g/mol. The number of carbonyl (C=O) groups is 1. The largest absolute Gasteiger partial charge is 0.426 e. The van der Waals surface area contributed by atoms with Crippen LogP contribution in [-0.4, -0.2) is 35.3 Å².